The minimum atomic E-state index is -0.0374. The first-order valence-corrected chi connectivity index (χ1v) is 9.06. The van der Waals surface area contributed by atoms with Gasteiger partial charge in [-0.2, -0.15) is 0 Å². The monoisotopic (exact) mass is 349 g/mol. The van der Waals surface area contributed by atoms with Gasteiger partial charge in [0.15, 0.2) is 0 Å². The highest BCUT2D eigenvalue weighted by Crippen LogP contribution is 2.24. The summed E-state index contributed by atoms with van der Waals surface area (Å²) in [6.07, 6.45) is 0.928. The van der Waals surface area contributed by atoms with Crippen molar-refractivity contribution in [1.82, 2.24) is 0 Å². The van der Waals surface area contributed by atoms with Crippen molar-refractivity contribution in [3.8, 4) is 5.75 Å². The molecule has 2 rings (SSSR count). The molecule has 0 radical (unpaired) electrons. The minimum absolute atomic E-state index is 0.0374. The number of anilines is 1. The predicted octanol–water partition coefficient (Wildman–Crippen LogP) is 5.00. The Hall–Kier alpha value is -1.65. The molecule has 0 spiro atoms. The van der Waals surface area contributed by atoms with Crippen LogP contribution < -0.4 is 10.1 Å². The van der Waals surface area contributed by atoms with E-state index in [1.54, 1.807) is 11.8 Å². The lowest BCUT2D eigenvalue weighted by Gasteiger charge is -2.11. The standard InChI is InChI=1S/C18H20ClNO2S/c1-2-10-22-17-9-4-3-8-16(17)20-18(21)13-23-12-14-6-5-7-15(19)11-14/h3-9,11H,2,10,12-13H2,1H3,(H,20,21). The molecule has 0 heterocycles. The second-order valence-corrected chi connectivity index (χ2v) is 6.44. The van der Waals surface area contributed by atoms with Crippen LogP contribution in [-0.4, -0.2) is 18.3 Å². The zero-order chi connectivity index (χ0) is 16.5. The molecule has 0 aliphatic carbocycles. The largest absolute Gasteiger partial charge is 0.491 e. The van der Waals surface area contributed by atoms with Gasteiger partial charge < -0.3 is 10.1 Å². The first-order valence-electron chi connectivity index (χ1n) is 7.53. The van der Waals surface area contributed by atoms with Crippen molar-refractivity contribution < 1.29 is 9.53 Å². The van der Waals surface area contributed by atoms with Crippen LogP contribution in [-0.2, 0) is 10.5 Å². The number of para-hydroxylation sites is 2. The van der Waals surface area contributed by atoms with E-state index in [1.807, 2.05) is 55.5 Å². The van der Waals surface area contributed by atoms with E-state index >= 15 is 0 Å². The van der Waals surface area contributed by atoms with Crippen LogP contribution in [0.4, 0.5) is 5.69 Å². The maximum atomic E-state index is 12.1. The van der Waals surface area contributed by atoms with E-state index in [4.69, 9.17) is 16.3 Å². The van der Waals surface area contributed by atoms with Crippen LogP contribution in [0.5, 0.6) is 5.75 Å². The van der Waals surface area contributed by atoms with Crippen molar-refractivity contribution in [2.45, 2.75) is 19.1 Å². The second kappa shape index (κ2) is 9.48. The Labute approximate surface area is 146 Å². The van der Waals surface area contributed by atoms with E-state index in [0.29, 0.717) is 23.8 Å². The minimum Gasteiger partial charge on any atom is -0.491 e. The molecule has 2 aromatic rings. The van der Waals surface area contributed by atoms with Crippen molar-refractivity contribution >= 4 is 35.0 Å². The number of hydrogen-bond donors (Lipinski definition) is 1. The lowest BCUT2D eigenvalue weighted by Crippen LogP contribution is -2.15. The summed E-state index contributed by atoms with van der Waals surface area (Å²) in [5, 5.41) is 3.62. The number of ether oxygens (including phenoxy) is 1. The molecule has 1 amide bonds. The molecule has 1 N–H and O–H groups in total. The van der Waals surface area contributed by atoms with E-state index in [1.165, 1.54) is 0 Å². The molecule has 0 fully saturated rings. The molecule has 3 nitrogen and oxygen atoms in total. The fourth-order valence-electron chi connectivity index (χ4n) is 1.98. The average molecular weight is 350 g/mol. The summed E-state index contributed by atoms with van der Waals surface area (Å²) in [6, 6.07) is 15.2. The third-order valence-electron chi connectivity index (χ3n) is 3.01. The van der Waals surface area contributed by atoms with Crippen LogP contribution in [0.25, 0.3) is 0 Å². The van der Waals surface area contributed by atoms with Gasteiger partial charge in [-0.25, -0.2) is 0 Å². The third kappa shape index (κ3) is 6.16. The summed E-state index contributed by atoms with van der Waals surface area (Å²) in [7, 11) is 0. The van der Waals surface area contributed by atoms with Gasteiger partial charge in [-0.15, -0.1) is 11.8 Å². The normalized spacial score (nSPS) is 10.3. The van der Waals surface area contributed by atoms with Gasteiger partial charge in [0.2, 0.25) is 5.91 Å². The molecule has 0 aliphatic heterocycles. The Morgan fingerprint density at radius 3 is 2.83 bits per heavy atom. The highest BCUT2D eigenvalue weighted by atomic mass is 35.5. The summed E-state index contributed by atoms with van der Waals surface area (Å²) >= 11 is 7.50. The number of amides is 1. The lowest BCUT2D eigenvalue weighted by molar-refractivity contribution is -0.113. The number of hydrogen-bond acceptors (Lipinski definition) is 3. The topological polar surface area (TPSA) is 38.3 Å². The number of carbonyl (C=O) groups excluding carboxylic acids is 1. The summed E-state index contributed by atoms with van der Waals surface area (Å²) < 4.78 is 5.64. The van der Waals surface area contributed by atoms with Gasteiger partial charge in [0.05, 0.1) is 18.0 Å². The Morgan fingerprint density at radius 2 is 2.04 bits per heavy atom. The van der Waals surface area contributed by atoms with Crippen LogP contribution >= 0.6 is 23.4 Å². The van der Waals surface area contributed by atoms with Gasteiger partial charge in [0.1, 0.15) is 5.75 Å². The quantitative estimate of drug-likeness (QED) is 0.728. The number of thioether (sulfide) groups is 1. The molecule has 23 heavy (non-hydrogen) atoms. The summed E-state index contributed by atoms with van der Waals surface area (Å²) in [6.45, 7) is 2.68. The number of rotatable bonds is 8. The zero-order valence-corrected chi connectivity index (χ0v) is 14.6. The summed E-state index contributed by atoms with van der Waals surface area (Å²) in [5.74, 6) is 1.81. The Balaban J connectivity index is 1.83. The highest BCUT2D eigenvalue weighted by molar-refractivity contribution is 7.99. The van der Waals surface area contributed by atoms with Crippen LogP contribution in [0.2, 0.25) is 5.02 Å². The zero-order valence-electron chi connectivity index (χ0n) is 13.0. The highest BCUT2D eigenvalue weighted by Gasteiger charge is 2.07. The van der Waals surface area contributed by atoms with Gasteiger partial charge >= 0.3 is 0 Å². The van der Waals surface area contributed by atoms with Gasteiger partial charge in [-0.1, -0.05) is 42.8 Å². The smallest absolute Gasteiger partial charge is 0.234 e. The molecule has 0 saturated carbocycles. The van der Waals surface area contributed by atoms with Crippen LogP contribution in [0, 0.1) is 0 Å². The maximum Gasteiger partial charge on any atom is 0.234 e. The van der Waals surface area contributed by atoms with Gasteiger partial charge in [0, 0.05) is 10.8 Å². The van der Waals surface area contributed by atoms with Crippen LogP contribution in [0.15, 0.2) is 48.5 Å². The second-order valence-electron chi connectivity index (χ2n) is 5.02. The number of benzene rings is 2. The van der Waals surface area contributed by atoms with E-state index in [9.17, 15) is 4.79 Å². The van der Waals surface area contributed by atoms with Gasteiger partial charge in [-0.3, -0.25) is 4.79 Å². The fourth-order valence-corrected chi connectivity index (χ4v) is 2.97. The van der Waals surface area contributed by atoms with Crippen molar-refractivity contribution in [2.24, 2.45) is 0 Å². The van der Waals surface area contributed by atoms with Crippen LogP contribution in [0.3, 0.4) is 0 Å². The average Bonchev–Trinajstić information content (AvgIpc) is 2.54. The van der Waals surface area contributed by atoms with Gasteiger partial charge in [0.25, 0.3) is 0 Å². The van der Waals surface area contributed by atoms with E-state index < -0.39 is 0 Å². The van der Waals surface area contributed by atoms with Crippen molar-refractivity contribution in [3.05, 3.63) is 59.1 Å². The van der Waals surface area contributed by atoms with E-state index in [2.05, 4.69) is 5.32 Å². The Bertz CT molecular complexity index is 648. The van der Waals surface area contributed by atoms with Crippen LogP contribution in [0.1, 0.15) is 18.9 Å². The first-order chi connectivity index (χ1) is 11.2. The molecule has 0 bridgehead atoms. The molecule has 5 heteroatoms. The number of halogens is 1. The molecule has 0 atom stereocenters. The molecular formula is C18H20ClNO2S. The molecule has 0 aliphatic rings. The molecule has 0 saturated heterocycles. The summed E-state index contributed by atoms with van der Waals surface area (Å²) in [5.41, 5.74) is 1.83. The molecular weight excluding hydrogens is 330 g/mol. The Morgan fingerprint density at radius 1 is 1.22 bits per heavy atom. The van der Waals surface area contributed by atoms with Crippen molar-refractivity contribution in [3.63, 3.8) is 0 Å². The lowest BCUT2D eigenvalue weighted by atomic mass is 10.2. The molecule has 0 aromatic heterocycles. The van der Waals surface area contributed by atoms with Crippen molar-refractivity contribution in [1.29, 1.82) is 0 Å². The van der Waals surface area contributed by atoms with Crippen molar-refractivity contribution in [2.75, 3.05) is 17.7 Å². The number of carbonyl (C=O) groups is 1. The number of nitrogens with one attached hydrogen (secondary N) is 1. The third-order valence-corrected chi connectivity index (χ3v) is 4.25. The maximum absolute atomic E-state index is 12.1. The molecule has 122 valence electrons. The first kappa shape index (κ1) is 17.7. The van der Waals surface area contributed by atoms with Gasteiger partial charge in [-0.05, 0) is 36.2 Å². The summed E-state index contributed by atoms with van der Waals surface area (Å²) in [4.78, 5) is 12.1. The van der Waals surface area contributed by atoms with E-state index in [0.717, 1.165) is 22.8 Å². The predicted molar refractivity (Wildman–Crippen MR) is 98.5 cm³/mol. The molecule has 0 unspecified atom stereocenters. The SMILES string of the molecule is CCCOc1ccccc1NC(=O)CSCc1cccc(Cl)c1. The molecule has 2 aromatic carbocycles. The fraction of sp³-hybridized carbons (Fsp3) is 0.278. The van der Waals surface area contributed by atoms with E-state index in [-0.39, 0.29) is 5.91 Å². The Kier molecular flexibility index (Phi) is 7.30.